The molecule has 0 radical (unpaired) electrons. The van der Waals surface area contributed by atoms with Crippen molar-refractivity contribution in [2.75, 3.05) is 7.05 Å². The number of rotatable bonds is 3. The van der Waals surface area contributed by atoms with E-state index in [4.69, 9.17) is 0 Å². The first-order valence-corrected chi connectivity index (χ1v) is 6.60. The highest BCUT2D eigenvalue weighted by molar-refractivity contribution is 9.10. The van der Waals surface area contributed by atoms with E-state index < -0.39 is 0 Å². The molecule has 0 aliphatic heterocycles. The zero-order valence-electron chi connectivity index (χ0n) is 9.12. The highest BCUT2D eigenvalue weighted by Gasteiger charge is 2.06. The lowest BCUT2D eigenvalue weighted by atomic mass is 10.3. The molecule has 2 aromatic heterocycles. The predicted molar refractivity (Wildman–Crippen MR) is 70.5 cm³/mol. The Hall–Kier alpha value is -0.780. The summed E-state index contributed by atoms with van der Waals surface area (Å²) in [6.07, 6.45) is 0. The van der Waals surface area contributed by atoms with Crippen LogP contribution in [0.1, 0.15) is 11.5 Å². The van der Waals surface area contributed by atoms with E-state index >= 15 is 0 Å². The third-order valence-corrected chi connectivity index (χ3v) is 3.77. The molecular formula is C11H12BrN3S. The first-order chi connectivity index (χ1) is 7.69. The molecule has 0 fully saturated rings. The first-order valence-electron chi connectivity index (χ1n) is 4.92. The van der Waals surface area contributed by atoms with Crippen LogP contribution in [0.15, 0.2) is 22.0 Å². The van der Waals surface area contributed by atoms with E-state index in [-0.39, 0.29) is 0 Å². The molecule has 2 aromatic rings. The van der Waals surface area contributed by atoms with E-state index in [1.165, 1.54) is 0 Å². The minimum atomic E-state index is 0.696. The number of halogens is 1. The van der Waals surface area contributed by atoms with Crippen LogP contribution in [-0.4, -0.2) is 17.0 Å². The molecule has 0 atom stereocenters. The maximum atomic E-state index is 4.52. The van der Waals surface area contributed by atoms with Gasteiger partial charge in [-0.3, -0.25) is 0 Å². The van der Waals surface area contributed by atoms with Crippen LogP contribution < -0.4 is 5.32 Å². The van der Waals surface area contributed by atoms with E-state index in [1.807, 2.05) is 20.0 Å². The maximum absolute atomic E-state index is 4.52. The average Bonchev–Trinajstić information content (AvgIpc) is 2.64. The summed E-state index contributed by atoms with van der Waals surface area (Å²) in [7, 11) is 1.90. The van der Waals surface area contributed by atoms with E-state index in [1.54, 1.807) is 11.3 Å². The van der Waals surface area contributed by atoms with Crippen LogP contribution in [0.4, 0.5) is 0 Å². The number of nitrogens with one attached hydrogen (secondary N) is 1. The fourth-order valence-corrected chi connectivity index (χ4v) is 2.83. The second kappa shape index (κ2) is 5.03. The molecule has 0 aliphatic carbocycles. The Morgan fingerprint density at radius 3 is 2.81 bits per heavy atom. The van der Waals surface area contributed by atoms with Crippen molar-refractivity contribution in [3.8, 4) is 10.6 Å². The van der Waals surface area contributed by atoms with Crippen molar-refractivity contribution < 1.29 is 0 Å². The maximum Gasteiger partial charge on any atom is 0.143 e. The van der Waals surface area contributed by atoms with Gasteiger partial charge in [-0.05, 0) is 42.0 Å². The molecule has 0 aromatic carbocycles. The van der Waals surface area contributed by atoms with Crippen molar-refractivity contribution in [2.45, 2.75) is 13.5 Å². The molecule has 0 aliphatic rings. The van der Waals surface area contributed by atoms with Gasteiger partial charge in [0.2, 0.25) is 0 Å². The fraction of sp³-hybridized carbons (Fsp3) is 0.273. The predicted octanol–water partition coefficient (Wildman–Crippen LogP) is 3.00. The Bertz CT molecular complexity index is 496. The second-order valence-corrected chi connectivity index (χ2v) is 5.30. The van der Waals surface area contributed by atoms with Crippen LogP contribution in [-0.2, 0) is 6.54 Å². The molecule has 1 N–H and O–H groups in total. The summed E-state index contributed by atoms with van der Waals surface area (Å²) >= 11 is 5.13. The normalized spacial score (nSPS) is 10.7. The molecule has 16 heavy (non-hydrogen) atoms. The molecular weight excluding hydrogens is 286 g/mol. The highest BCUT2D eigenvalue weighted by Crippen LogP contribution is 2.28. The van der Waals surface area contributed by atoms with Gasteiger partial charge in [0.15, 0.2) is 0 Å². The molecule has 2 heterocycles. The number of aryl methyl sites for hydroxylation is 1. The van der Waals surface area contributed by atoms with E-state index in [0.29, 0.717) is 6.54 Å². The third kappa shape index (κ3) is 2.66. The van der Waals surface area contributed by atoms with Gasteiger partial charge in [-0.1, -0.05) is 0 Å². The van der Waals surface area contributed by atoms with E-state index in [0.717, 1.165) is 26.6 Å². The third-order valence-electron chi connectivity index (χ3n) is 2.06. The first kappa shape index (κ1) is 11.7. The number of thiophene rings is 1. The summed E-state index contributed by atoms with van der Waals surface area (Å²) in [6.45, 7) is 2.69. The number of aromatic nitrogens is 2. The monoisotopic (exact) mass is 297 g/mol. The molecule has 0 bridgehead atoms. The highest BCUT2D eigenvalue weighted by atomic mass is 79.9. The van der Waals surface area contributed by atoms with E-state index in [9.17, 15) is 0 Å². The number of nitrogens with zero attached hydrogens (tertiary/aromatic N) is 2. The van der Waals surface area contributed by atoms with Crippen LogP contribution >= 0.6 is 27.3 Å². The molecule has 0 saturated carbocycles. The van der Waals surface area contributed by atoms with Crippen molar-refractivity contribution in [3.05, 3.63) is 33.5 Å². The molecule has 84 valence electrons. The van der Waals surface area contributed by atoms with Gasteiger partial charge in [0, 0.05) is 15.5 Å². The molecule has 0 saturated heterocycles. The molecule has 0 unspecified atom stereocenters. The van der Waals surface area contributed by atoms with Crippen molar-refractivity contribution >= 4 is 27.3 Å². The lowest BCUT2D eigenvalue weighted by Crippen LogP contribution is -2.10. The van der Waals surface area contributed by atoms with Crippen LogP contribution in [0.5, 0.6) is 0 Å². The Balaban J connectivity index is 2.40. The zero-order valence-corrected chi connectivity index (χ0v) is 11.5. The van der Waals surface area contributed by atoms with Crippen LogP contribution in [0.3, 0.4) is 0 Å². The van der Waals surface area contributed by atoms with Crippen LogP contribution in [0.25, 0.3) is 10.6 Å². The number of hydrogen-bond donors (Lipinski definition) is 1. The van der Waals surface area contributed by atoms with Crippen molar-refractivity contribution in [2.24, 2.45) is 0 Å². The summed E-state index contributed by atoms with van der Waals surface area (Å²) in [5, 5.41) is 5.12. The summed E-state index contributed by atoms with van der Waals surface area (Å²) in [5.41, 5.74) is 1.99. The largest absolute Gasteiger partial charge is 0.313 e. The van der Waals surface area contributed by atoms with Gasteiger partial charge < -0.3 is 5.32 Å². The number of hydrogen-bond acceptors (Lipinski definition) is 4. The van der Waals surface area contributed by atoms with Gasteiger partial charge in [0.1, 0.15) is 5.82 Å². The van der Waals surface area contributed by atoms with Crippen molar-refractivity contribution in [3.63, 3.8) is 0 Å². The average molecular weight is 298 g/mol. The second-order valence-electron chi connectivity index (χ2n) is 3.47. The Morgan fingerprint density at radius 1 is 1.38 bits per heavy atom. The standard InChI is InChI=1S/C11H12BrN3S/c1-7-3-9(10-4-8(12)6-16-10)15-11(14-7)5-13-2/h3-4,6,13H,5H2,1-2H3. The Morgan fingerprint density at radius 2 is 2.19 bits per heavy atom. The minimum absolute atomic E-state index is 0.696. The molecule has 0 spiro atoms. The SMILES string of the molecule is CNCc1nc(C)cc(-c2cc(Br)cs2)n1. The smallest absolute Gasteiger partial charge is 0.143 e. The summed E-state index contributed by atoms with van der Waals surface area (Å²) in [6, 6.07) is 4.09. The molecule has 3 nitrogen and oxygen atoms in total. The topological polar surface area (TPSA) is 37.8 Å². The Labute approximate surface area is 107 Å². The van der Waals surface area contributed by atoms with Crippen molar-refractivity contribution in [1.82, 2.24) is 15.3 Å². The quantitative estimate of drug-likeness (QED) is 0.946. The van der Waals surface area contributed by atoms with Crippen molar-refractivity contribution in [1.29, 1.82) is 0 Å². The molecule has 5 heteroatoms. The van der Waals surface area contributed by atoms with Gasteiger partial charge in [-0.2, -0.15) is 0 Å². The van der Waals surface area contributed by atoms with Gasteiger partial charge in [0.25, 0.3) is 0 Å². The fourth-order valence-electron chi connectivity index (χ4n) is 1.44. The van der Waals surface area contributed by atoms with E-state index in [2.05, 4.69) is 42.7 Å². The molecule has 0 amide bonds. The summed E-state index contributed by atoms with van der Waals surface area (Å²) in [5.74, 6) is 0.835. The lowest BCUT2D eigenvalue weighted by Gasteiger charge is -2.03. The van der Waals surface area contributed by atoms with Crippen LogP contribution in [0.2, 0.25) is 0 Å². The van der Waals surface area contributed by atoms with Gasteiger partial charge in [-0.25, -0.2) is 9.97 Å². The summed E-state index contributed by atoms with van der Waals surface area (Å²) < 4.78 is 1.10. The van der Waals surface area contributed by atoms with Crippen LogP contribution in [0, 0.1) is 6.92 Å². The lowest BCUT2D eigenvalue weighted by molar-refractivity contribution is 0.754. The van der Waals surface area contributed by atoms with Gasteiger partial charge >= 0.3 is 0 Å². The minimum Gasteiger partial charge on any atom is -0.313 e. The van der Waals surface area contributed by atoms with Gasteiger partial charge in [0.05, 0.1) is 17.1 Å². The Kier molecular flexibility index (Phi) is 3.68. The van der Waals surface area contributed by atoms with Gasteiger partial charge in [-0.15, -0.1) is 11.3 Å². The zero-order chi connectivity index (χ0) is 11.5. The summed E-state index contributed by atoms with van der Waals surface area (Å²) in [4.78, 5) is 10.1. The molecule has 2 rings (SSSR count).